The molecule has 256 valence electrons. The number of rotatable bonds is 10. The van der Waals surface area contributed by atoms with E-state index in [-0.39, 0.29) is 35.9 Å². The van der Waals surface area contributed by atoms with Gasteiger partial charge in [-0.1, -0.05) is 12.1 Å². The second kappa shape index (κ2) is 14.7. The van der Waals surface area contributed by atoms with Gasteiger partial charge in [-0.05, 0) is 36.8 Å². The van der Waals surface area contributed by atoms with Crippen LogP contribution in [-0.2, 0) is 19.0 Å². The van der Waals surface area contributed by atoms with Crippen LogP contribution in [0.1, 0.15) is 23.7 Å². The number of fused-ring (bicyclic) bond motifs is 2. The van der Waals surface area contributed by atoms with Gasteiger partial charge in [0.2, 0.25) is 11.3 Å². The van der Waals surface area contributed by atoms with E-state index in [9.17, 15) is 50.1 Å². The Morgan fingerprint density at radius 3 is 2.26 bits per heavy atom. The van der Waals surface area contributed by atoms with Crippen molar-refractivity contribution in [1.82, 2.24) is 10.2 Å². The van der Waals surface area contributed by atoms with Crippen molar-refractivity contribution < 1.29 is 64.0 Å². The van der Waals surface area contributed by atoms with Gasteiger partial charge in [0, 0.05) is 25.6 Å². The standard InChI is InChI=1S/C31H38N2O14/c1-14(36)33(10-4-9-32-29(43)15-7-8-19-17(11-15)22(37)16-5-2-3-6-18(16)44-19)30-26(41)25(40)28(21(13-35)45-30)47-31-27(42)24(39)23(38)20(12-34)46-31/h2-3,5-8,11,20-21,23-28,30-31,34-35,38-42H,4,9-10,12-13H2,1H3,(H,32,43)/t20-,21-,23-,24+,25-,26-,27-,28-,30-,31-/m1/s1. The van der Waals surface area contributed by atoms with Crippen molar-refractivity contribution in [2.24, 2.45) is 0 Å². The lowest BCUT2D eigenvalue weighted by Crippen LogP contribution is -2.67. The van der Waals surface area contributed by atoms with E-state index >= 15 is 0 Å². The molecule has 2 aliphatic heterocycles. The highest BCUT2D eigenvalue weighted by molar-refractivity contribution is 5.99. The smallest absolute Gasteiger partial charge is 0.251 e. The molecule has 0 aliphatic carbocycles. The first kappa shape index (κ1) is 34.8. The van der Waals surface area contributed by atoms with Crippen LogP contribution in [0.2, 0.25) is 0 Å². The molecule has 1 aromatic heterocycles. The second-order valence-corrected chi connectivity index (χ2v) is 11.5. The summed E-state index contributed by atoms with van der Waals surface area (Å²) in [6, 6.07) is 11.3. The van der Waals surface area contributed by atoms with E-state index in [0.29, 0.717) is 16.6 Å². The maximum Gasteiger partial charge on any atom is 0.251 e. The monoisotopic (exact) mass is 662 g/mol. The molecule has 2 aliphatic rings. The lowest BCUT2D eigenvalue weighted by atomic mass is 9.96. The molecule has 8 N–H and O–H groups in total. The van der Waals surface area contributed by atoms with Crippen molar-refractivity contribution in [2.75, 3.05) is 26.3 Å². The van der Waals surface area contributed by atoms with Gasteiger partial charge < -0.3 is 64.6 Å². The number of carbonyl (C=O) groups is 2. The van der Waals surface area contributed by atoms with Crippen LogP contribution in [0.3, 0.4) is 0 Å². The summed E-state index contributed by atoms with van der Waals surface area (Å²) >= 11 is 0. The summed E-state index contributed by atoms with van der Waals surface area (Å²) < 4.78 is 22.4. The third-order valence-electron chi connectivity index (χ3n) is 8.39. The predicted molar refractivity (Wildman–Crippen MR) is 161 cm³/mol. The van der Waals surface area contributed by atoms with Crippen molar-refractivity contribution in [2.45, 2.75) is 74.7 Å². The number of carbonyl (C=O) groups excluding carboxylic acids is 2. The van der Waals surface area contributed by atoms with Crippen molar-refractivity contribution in [1.29, 1.82) is 0 Å². The molecule has 5 rings (SSSR count). The van der Waals surface area contributed by atoms with E-state index in [1.54, 1.807) is 24.3 Å². The average Bonchev–Trinajstić information content (AvgIpc) is 3.07. The van der Waals surface area contributed by atoms with E-state index in [1.165, 1.54) is 25.1 Å². The number of amides is 2. The van der Waals surface area contributed by atoms with E-state index in [4.69, 9.17) is 18.6 Å². The number of hydrogen-bond donors (Lipinski definition) is 8. The zero-order valence-electron chi connectivity index (χ0n) is 25.3. The van der Waals surface area contributed by atoms with Crippen LogP contribution in [0.15, 0.2) is 51.7 Å². The van der Waals surface area contributed by atoms with Crippen molar-refractivity contribution in [3.8, 4) is 0 Å². The van der Waals surface area contributed by atoms with Crippen LogP contribution in [0.25, 0.3) is 21.9 Å². The summed E-state index contributed by atoms with van der Waals surface area (Å²) in [7, 11) is 0. The molecule has 3 heterocycles. The van der Waals surface area contributed by atoms with Crippen molar-refractivity contribution >= 4 is 33.8 Å². The average molecular weight is 663 g/mol. The van der Waals surface area contributed by atoms with Crippen LogP contribution in [0.4, 0.5) is 0 Å². The zero-order valence-corrected chi connectivity index (χ0v) is 25.3. The maximum atomic E-state index is 12.9. The van der Waals surface area contributed by atoms with Gasteiger partial charge in [-0.25, -0.2) is 0 Å². The summed E-state index contributed by atoms with van der Waals surface area (Å²) in [6.45, 7) is -0.258. The minimum atomic E-state index is -1.81. The highest BCUT2D eigenvalue weighted by Crippen LogP contribution is 2.30. The number of hydrogen-bond acceptors (Lipinski definition) is 14. The Labute approximate surface area is 267 Å². The Bertz CT molecular complexity index is 1630. The molecule has 47 heavy (non-hydrogen) atoms. The quantitative estimate of drug-likeness (QED) is 0.0829. The third kappa shape index (κ3) is 7.02. The van der Waals surface area contributed by atoms with E-state index in [1.807, 2.05) is 0 Å². The summed E-state index contributed by atoms with van der Waals surface area (Å²) in [6.07, 6.45) is -15.9. The van der Waals surface area contributed by atoms with Gasteiger partial charge in [0.1, 0.15) is 60.0 Å². The summed E-state index contributed by atoms with van der Waals surface area (Å²) in [5, 5.41) is 75.0. The van der Waals surface area contributed by atoms with Crippen molar-refractivity contribution in [3.63, 3.8) is 0 Å². The lowest BCUT2D eigenvalue weighted by molar-refractivity contribution is -0.347. The van der Waals surface area contributed by atoms with Crippen LogP contribution < -0.4 is 10.7 Å². The Kier molecular flexibility index (Phi) is 10.9. The topological polar surface area (TPSA) is 249 Å². The predicted octanol–water partition coefficient (Wildman–Crippen LogP) is -2.46. The number of nitrogens with one attached hydrogen (secondary N) is 1. The number of aliphatic hydroxyl groups is 7. The van der Waals surface area contributed by atoms with Crippen LogP contribution >= 0.6 is 0 Å². The molecule has 16 nitrogen and oxygen atoms in total. The molecule has 16 heteroatoms. The summed E-state index contributed by atoms with van der Waals surface area (Å²) in [5.74, 6) is -1.03. The van der Waals surface area contributed by atoms with Gasteiger partial charge in [-0.2, -0.15) is 0 Å². The Balaban J connectivity index is 1.20. The molecular formula is C31H38N2O14. The number of benzene rings is 2. The van der Waals surface area contributed by atoms with Crippen LogP contribution in [-0.4, -0.2) is 140 Å². The summed E-state index contributed by atoms with van der Waals surface area (Å²) in [4.78, 5) is 39.5. The second-order valence-electron chi connectivity index (χ2n) is 11.5. The lowest BCUT2D eigenvalue weighted by Gasteiger charge is -2.48. The third-order valence-corrected chi connectivity index (χ3v) is 8.39. The van der Waals surface area contributed by atoms with Gasteiger partial charge in [-0.3, -0.25) is 14.4 Å². The normalized spacial score (nSPS) is 31.1. The molecule has 2 aromatic carbocycles. The SMILES string of the molecule is CC(=O)N(CCCNC(=O)c1ccc2oc3ccccc3c(=O)c2c1)[C@@H]1O[C@H](CO)[C@@H](O[C@H]2O[C@H](CO)[C@@H](O)[C@H](O)[C@H]2O)[C@H](O)[C@H]1O. The van der Waals surface area contributed by atoms with Gasteiger partial charge in [0.25, 0.3) is 5.91 Å². The molecule has 0 spiro atoms. The molecule has 10 atom stereocenters. The fourth-order valence-electron chi connectivity index (χ4n) is 5.79. The van der Waals surface area contributed by atoms with Crippen LogP contribution in [0, 0.1) is 0 Å². The molecular weight excluding hydrogens is 624 g/mol. The first-order valence-electron chi connectivity index (χ1n) is 15.1. The molecule has 0 radical (unpaired) electrons. The molecule has 2 amide bonds. The van der Waals surface area contributed by atoms with Crippen LogP contribution in [0.5, 0.6) is 0 Å². The van der Waals surface area contributed by atoms with Gasteiger partial charge in [0.05, 0.1) is 24.0 Å². The molecule has 0 unspecified atom stereocenters. The molecule has 2 fully saturated rings. The molecule has 2 saturated heterocycles. The fraction of sp³-hybridized carbons (Fsp3) is 0.516. The van der Waals surface area contributed by atoms with Gasteiger partial charge in [-0.15, -0.1) is 0 Å². The zero-order chi connectivity index (χ0) is 34.0. The highest BCUT2D eigenvalue weighted by Gasteiger charge is 2.51. The molecule has 3 aromatic rings. The van der Waals surface area contributed by atoms with E-state index in [0.717, 1.165) is 4.90 Å². The number of para-hydroxylation sites is 1. The minimum absolute atomic E-state index is 0.0479. The Morgan fingerprint density at radius 1 is 0.851 bits per heavy atom. The number of nitrogens with zero attached hydrogens (tertiary/aromatic N) is 1. The highest BCUT2D eigenvalue weighted by atomic mass is 16.7. The molecule has 0 saturated carbocycles. The first-order chi connectivity index (χ1) is 22.5. The molecule has 0 bridgehead atoms. The van der Waals surface area contributed by atoms with Crippen molar-refractivity contribution in [3.05, 3.63) is 58.3 Å². The largest absolute Gasteiger partial charge is 0.456 e. The van der Waals surface area contributed by atoms with Gasteiger partial charge >= 0.3 is 0 Å². The Morgan fingerprint density at radius 2 is 1.55 bits per heavy atom. The number of aliphatic hydroxyl groups excluding tert-OH is 7. The van der Waals surface area contributed by atoms with E-state index in [2.05, 4.69) is 5.32 Å². The number of ether oxygens (including phenoxy) is 3. The Hall–Kier alpha value is -3.55. The van der Waals surface area contributed by atoms with Gasteiger partial charge in [0.15, 0.2) is 12.5 Å². The minimum Gasteiger partial charge on any atom is -0.456 e. The fourth-order valence-corrected chi connectivity index (χ4v) is 5.79. The maximum absolute atomic E-state index is 12.9. The summed E-state index contributed by atoms with van der Waals surface area (Å²) in [5.41, 5.74) is 0.703. The van der Waals surface area contributed by atoms with E-state index < -0.39 is 86.4 Å². The first-order valence-corrected chi connectivity index (χ1v) is 15.1.